The summed E-state index contributed by atoms with van der Waals surface area (Å²) in [5, 5.41) is 9.74. The van der Waals surface area contributed by atoms with Crippen LogP contribution in [0.2, 0.25) is 0 Å². The molecule has 1 aromatic carbocycles. The first-order chi connectivity index (χ1) is 13.2. The second-order valence-electron chi connectivity index (χ2n) is 5.59. The molecule has 0 atom stereocenters. The highest BCUT2D eigenvalue weighted by atomic mass is 16.5. The average Bonchev–Trinajstić information content (AvgIpc) is 3.18. The Morgan fingerprint density at radius 1 is 1.19 bits per heavy atom. The summed E-state index contributed by atoms with van der Waals surface area (Å²) in [6, 6.07) is 12.1. The van der Waals surface area contributed by atoms with Gasteiger partial charge in [0.2, 0.25) is 0 Å². The van der Waals surface area contributed by atoms with Gasteiger partial charge in [0.05, 0.1) is 12.3 Å². The predicted molar refractivity (Wildman–Crippen MR) is 99.6 cm³/mol. The smallest absolute Gasteiger partial charge is 0.358 e. The van der Waals surface area contributed by atoms with Crippen LogP contribution in [0.5, 0.6) is 0 Å². The van der Waals surface area contributed by atoms with Gasteiger partial charge >= 0.3 is 12.0 Å². The molecule has 0 aliphatic rings. The SMILES string of the molecule is CCOC(=O)c1ccn(-c2cccc(NC(=O)NCc3cccnc3)c2)n1. The van der Waals surface area contributed by atoms with E-state index in [0.717, 1.165) is 5.56 Å². The number of hydrogen-bond donors (Lipinski definition) is 2. The summed E-state index contributed by atoms with van der Waals surface area (Å²) in [6.07, 6.45) is 5.03. The summed E-state index contributed by atoms with van der Waals surface area (Å²) in [7, 11) is 0. The maximum Gasteiger partial charge on any atom is 0.358 e. The summed E-state index contributed by atoms with van der Waals surface area (Å²) in [5.41, 5.74) is 2.44. The number of esters is 1. The zero-order valence-electron chi connectivity index (χ0n) is 14.8. The van der Waals surface area contributed by atoms with Gasteiger partial charge in [-0.1, -0.05) is 12.1 Å². The Morgan fingerprint density at radius 2 is 2.07 bits per heavy atom. The van der Waals surface area contributed by atoms with Crippen LogP contribution in [0.3, 0.4) is 0 Å². The van der Waals surface area contributed by atoms with Crippen LogP contribution in [0.1, 0.15) is 23.0 Å². The number of carbonyl (C=O) groups excluding carboxylic acids is 2. The van der Waals surface area contributed by atoms with E-state index in [4.69, 9.17) is 4.74 Å². The number of nitrogens with zero attached hydrogens (tertiary/aromatic N) is 3. The number of aromatic nitrogens is 3. The third-order valence-corrected chi connectivity index (χ3v) is 3.62. The van der Waals surface area contributed by atoms with E-state index in [9.17, 15) is 9.59 Å². The summed E-state index contributed by atoms with van der Waals surface area (Å²) >= 11 is 0. The Balaban J connectivity index is 1.63. The normalized spacial score (nSPS) is 10.3. The molecular weight excluding hydrogens is 346 g/mol. The minimum Gasteiger partial charge on any atom is -0.461 e. The molecule has 8 nitrogen and oxygen atoms in total. The number of amides is 2. The molecule has 3 aromatic rings. The van der Waals surface area contributed by atoms with E-state index in [1.54, 1.807) is 54.5 Å². The maximum absolute atomic E-state index is 12.1. The van der Waals surface area contributed by atoms with Crippen LogP contribution in [0.4, 0.5) is 10.5 Å². The van der Waals surface area contributed by atoms with Crippen molar-refractivity contribution < 1.29 is 14.3 Å². The standard InChI is InChI=1S/C19H19N5O3/c1-2-27-18(25)17-8-10-24(23-17)16-7-3-6-15(11-16)22-19(26)21-13-14-5-4-9-20-12-14/h3-12H,2,13H2,1H3,(H2,21,22,26). The van der Waals surface area contributed by atoms with E-state index >= 15 is 0 Å². The van der Waals surface area contributed by atoms with Crippen LogP contribution < -0.4 is 10.6 Å². The molecule has 8 heteroatoms. The van der Waals surface area contributed by atoms with Gasteiger partial charge in [-0.3, -0.25) is 4.98 Å². The fourth-order valence-corrected chi connectivity index (χ4v) is 2.37. The van der Waals surface area contributed by atoms with Gasteiger partial charge in [-0.2, -0.15) is 5.10 Å². The number of ether oxygens (including phenoxy) is 1. The molecular formula is C19H19N5O3. The zero-order chi connectivity index (χ0) is 19.1. The fourth-order valence-electron chi connectivity index (χ4n) is 2.37. The second-order valence-corrected chi connectivity index (χ2v) is 5.59. The van der Waals surface area contributed by atoms with Crippen LogP contribution in [0.15, 0.2) is 61.1 Å². The molecule has 0 aliphatic heterocycles. The first-order valence-electron chi connectivity index (χ1n) is 8.42. The largest absolute Gasteiger partial charge is 0.461 e. The average molecular weight is 365 g/mol. The number of hydrogen-bond acceptors (Lipinski definition) is 5. The van der Waals surface area contributed by atoms with Crippen molar-refractivity contribution in [2.75, 3.05) is 11.9 Å². The lowest BCUT2D eigenvalue weighted by Crippen LogP contribution is -2.28. The lowest BCUT2D eigenvalue weighted by molar-refractivity contribution is 0.0519. The van der Waals surface area contributed by atoms with Crippen LogP contribution in [-0.4, -0.2) is 33.4 Å². The lowest BCUT2D eigenvalue weighted by atomic mass is 10.3. The summed E-state index contributed by atoms with van der Waals surface area (Å²) in [4.78, 5) is 27.8. The van der Waals surface area contributed by atoms with Crippen LogP contribution in [0, 0.1) is 0 Å². The maximum atomic E-state index is 12.1. The minimum absolute atomic E-state index is 0.226. The third kappa shape index (κ3) is 4.91. The van der Waals surface area contributed by atoms with Crippen molar-refractivity contribution in [2.24, 2.45) is 0 Å². The Labute approximate surface area is 156 Å². The number of nitrogens with one attached hydrogen (secondary N) is 2. The van der Waals surface area contributed by atoms with Crippen molar-refractivity contribution in [1.29, 1.82) is 0 Å². The molecule has 0 radical (unpaired) electrons. The Bertz CT molecular complexity index is 924. The number of anilines is 1. The van der Waals surface area contributed by atoms with Gasteiger partial charge in [-0.25, -0.2) is 14.3 Å². The predicted octanol–water partition coefficient (Wildman–Crippen LogP) is 2.77. The van der Waals surface area contributed by atoms with Crippen molar-refractivity contribution >= 4 is 17.7 Å². The number of rotatable bonds is 6. The Kier molecular flexibility index (Phi) is 5.78. The van der Waals surface area contributed by atoms with E-state index < -0.39 is 5.97 Å². The number of pyridine rings is 1. The molecule has 2 heterocycles. The van der Waals surface area contributed by atoms with Gasteiger partial charge in [0.25, 0.3) is 0 Å². The molecule has 2 N–H and O–H groups in total. The molecule has 3 rings (SSSR count). The van der Waals surface area contributed by atoms with E-state index in [-0.39, 0.29) is 11.7 Å². The van der Waals surface area contributed by atoms with Crippen molar-refractivity contribution in [3.63, 3.8) is 0 Å². The monoisotopic (exact) mass is 365 g/mol. The first kappa shape index (κ1) is 18.1. The van der Waals surface area contributed by atoms with Crippen molar-refractivity contribution in [1.82, 2.24) is 20.1 Å². The van der Waals surface area contributed by atoms with E-state index in [2.05, 4.69) is 20.7 Å². The zero-order valence-corrected chi connectivity index (χ0v) is 14.8. The topological polar surface area (TPSA) is 98.1 Å². The van der Waals surface area contributed by atoms with Gasteiger partial charge in [-0.15, -0.1) is 0 Å². The highest BCUT2D eigenvalue weighted by molar-refractivity contribution is 5.89. The molecule has 2 amide bonds. The molecule has 0 fully saturated rings. The molecule has 0 saturated heterocycles. The fraction of sp³-hybridized carbons (Fsp3) is 0.158. The summed E-state index contributed by atoms with van der Waals surface area (Å²) < 4.78 is 6.48. The first-order valence-corrected chi connectivity index (χ1v) is 8.42. The quantitative estimate of drug-likeness (QED) is 0.655. The Hall–Kier alpha value is -3.68. The van der Waals surface area contributed by atoms with Gasteiger partial charge in [-0.05, 0) is 42.8 Å². The summed E-state index contributed by atoms with van der Waals surface area (Å²) in [6.45, 7) is 2.41. The highest BCUT2D eigenvalue weighted by Gasteiger charge is 2.11. The van der Waals surface area contributed by atoms with Crippen LogP contribution in [-0.2, 0) is 11.3 Å². The minimum atomic E-state index is -0.472. The molecule has 0 unspecified atom stereocenters. The molecule has 0 spiro atoms. The molecule has 0 aliphatic carbocycles. The summed E-state index contributed by atoms with van der Waals surface area (Å²) in [5.74, 6) is -0.472. The van der Waals surface area contributed by atoms with Gasteiger partial charge < -0.3 is 15.4 Å². The molecule has 0 bridgehead atoms. The second kappa shape index (κ2) is 8.61. The molecule has 27 heavy (non-hydrogen) atoms. The molecule has 0 saturated carbocycles. The van der Waals surface area contributed by atoms with E-state index in [0.29, 0.717) is 24.5 Å². The van der Waals surface area contributed by atoms with Gasteiger partial charge in [0.15, 0.2) is 5.69 Å². The van der Waals surface area contributed by atoms with E-state index in [1.165, 1.54) is 0 Å². The number of carbonyl (C=O) groups is 2. The third-order valence-electron chi connectivity index (χ3n) is 3.62. The number of urea groups is 1. The van der Waals surface area contributed by atoms with Crippen molar-refractivity contribution in [3.8, 4) is 5.69 Å². The molecule has 138 valence electrons. The van der Waals surface area contributed by atoms with Gasteiger partial charge in [0.1, 0.15) is 0 Å². The highest BCUT2D eigenvalue weighted by Crippen LogP contribution is 2.15. The van der Waals surface area contributed by atoms with Crippen molar-refractivity contribution in [2.45, 2.75) is 13.5 Å². The molecule has 2 aromatic heterocycles. The number of benzene rings is 1. The lowest BCUT2D eigenvalue weighted by Gasteiger charge is -2.09. The Morgan fingerprint density at radius 3 is 2.85 bits per heavy atom. The van der Waals surface area contributed by atoms with Gasteiger partial charge in [0, 0.05) is 30.8 Å². The van der Waals surface area contributed by atoms with Crippen LogP contribution >= 0.6 is 0 Å². The van der Waals surface area contributed by atoms with Crippen LogP contribution in [0.25, 0.3) is 5.69 Å². The van der Waals surface area contributed by atoms with Crippen molar-refractivity contribution in [3.05, 3.63) is 72.3 Å². The van der Waals surface area contributed by atoms with E-state index in [1.807, 2.05) is 18.2 Å².